The Morgan fingerprint density at radius 1 is 1.12 bits per heavy atom. The average molecular weight is 277 g/mol. The monoisotopic (exact) mass is 276 g/mol. The molecule has 6 heteroatoms. The van der Waals surface area contributed by atoms with E-state index in [1.54, 1.807) is 0 Å². The van der Waals surface area contributed by atoms with Crippen LogP contribution >= 0.6 is 23.2 Å². The van der Waals surface area contributed by atoms with Crippen molar-refractivity contribution in [3.8, 4) is 0 Å². The van der Waals surface area contributed by atoms with Crippen LogP contribution < -0.4 is 5.32 Å². The summed E-state index contributed by atoms with van der Waals surface area (Å²) in [6, 6.07) is 0. The molecule has 1 N–H and O–H groups in total. The molecular weight excluding hydrogens is 259 g/mol. The summed E-state index contributed by atoms with van der Waals surface area (Å²) in [5.41, 5.74) is 0. The first-order valence-corrected chi connectivity index (χ1v) is 6.72. The second kappa shape index (κ2) is 7.67. The second-order valence-corrected chi connectivity index (χ2v) is 4.67. The van der Waals surface area contributed by atoms with Crippen LogP contribution in [0.15, 0.2) is 0 Å². The predicted octanol–water partition coefficient (Wildman–Crippen LogP) is 3.81. The maximum absolute atomic E-state index is 5.70. The number of rotatable bonds is 7. The van der Waals surface area contributed by atoms with Gasteiger partial charge in [-0.25, -0.2) is 0 Å². The number of nitrogens with zero attached hydrogens (tertiary/aromatic N) is 3. The highest BCUT2D eigenvalue weighted by atomic mass is 35.5. The molecule has 0 aromatic carbocycles. The molecule has 17 heavy (non-hydrogen) atoms. The van der Waals surface area contributed by atoms with Crippen molar-refractivity contribution in [2.75, 3.05) is 11.9 Å². The minimum absolute atomic E-state index is 0.120. The topological polar surface area (TPSA) is 50.7 Å². The molecule has 0 fully saturated rings. The van der Waals surface area contributed by atoms with Crippen molar-refractivity contribution < 1.29 is 0 Å². The molecule has 0 saturated carbocycles. The summed E-state index contributed by atoms with van der Waals surface area (Å²) in [6.07, 6.45) is 4.82. The van der Waals surface area contributed by atoms with E-state index >= 15 is 0 Å². The van der Waals surface area contributed by atoms with E-state index in [1.165, 1.54) is 19.3 Å². The summed E-state index contributed by atoms with van der Waals surface area (Å²) in [7, 11) is 0. The quantitative estimate of drug-likeness (QED) is 0.823. The molecule has 1 atom stereocenters. The molecule has 1 aromatic rings. The van der Waals surface area contributed by atoms with Crippen LogP contribution in [0.2, 0.25) is 10.6 Å². The van der Waals surface area contributed by atoms with Crippen molar-refractivity contribution in [2.45, 2.75) is 39.5 Å². The summed E-state index contributed by atoms with van der Waals surface area (Å²) in [5, 5.41) is 3.39. The van der Waals surface area contributed by atoms with Crippen LogP contribution in [0, 0.1) is 5.92 Å². The van der Waals surface area contributed by atoms with Gasteiger partial charge in [-0.2, -0.15) is 15.0 Å². The van der Waals surface area contributed by atoms with Gasteiger partial charge in [-0.1, -0.05) is 33.1 Å². The Hall–Kier alpha value is -0.610. The molecule has 96 valence electrons. The van der Waals surface area contributed by atoms with Crippen LogP contribution in [-0.4, -0.2) is 21.5 Å². The number of nitrogens with one attached hydrogen (secondary N) is 1. The number of hydrogen-bond donors (Lipinski definition) is 1. The lowest BCUT2D eigenvalue weighted by Crippen LogP contribution is -2.15. The van der Waals surface area contributed by atoms with Gasteiger partial charge in [0, 0.05) is 6.54 Å². The van der Waals surface area contributed by atoms with E-state index in [2.05, 4.69) is 34.1 Å². The second-order valence-electron chi connectivity index (χ2n) is 3.99. The minimum atomic E-state index is 0.120. The molecule has 0 bridgehead atoms. The van der Waals surface area contributed by atoms with E-state index in [4.69, 9.17) is 23.2 Å². The molecule has 4 nitrogen and oxygen atoms in total. The molecule has 1 heterocycles. The van der Waals surface area contributed by atoms with Crippen molar-refractivity contribution in [2.24, 2.45) is 5.92 Å². The molecular formula is C11H18Cl2N4. The maximum atomic E-state index is 5.70. The molecule has 1 unspecified atom stereocenters. The van der Waals surface area contributed by atoms with E-state index in [1.807, 2.05) is 0 Å². The molecule has 0 aliphatic heterocycles. The van der Waals surface area contributed by atoms with Crippen molar-refractivity contribution in [1.29, 1.82) is 0 Å². The predicted molar refractivity (Wildman–Crippen MR) is 71.6 cm³/mol. The number of aromatic nitrogens is 3. The SMILES string of the molecule is CCCCC(CC)CNc1nc(Cl)nc(Cl)n1. The zero-order chi connectivity index (χ0) is 12.7. The van der Waals surface area contributed by atoms with Gasteiger partial charge in [-0.15, -0.1) is 0 Å². The average Bonchev–Trinajstić information content (AvgIpc) is 2.28. The van der Waals surface area contributed by atoms with Crippen molar-refractivity contribution in [3.05, 3.63) is 10.6 Å². The summed E-state index contributed by atoms with van der Waals surface area (Å²) in [5.74, 6) is 1.08. The number of halogens is 2. The molecule has 0 radical (unpaired) electrons. The van der Waals surface area contributed by atoms with Crippen molar-refractivity contribution in [1.82, 2.24) is 15.0 Å². The van der Waals surface area contributed by atoms with Crippen LogP contribution in [0.1, 0.15) is 39.5 Å². The van der Waals surface area contributed by atoms with Gasteiger partial charge < -0.3 is 5.32 Å². The minimum Gasteiger partial charge on any atom is -0.354 e. The van der Waals surface area contributed by atoms with Crippen LogP contribution in [0.5, 0.6) is 0 Å². The lowest BCUT2D eigenvalue weighted by molar-refractivity contribution is 0.471. The number of unbranched alkanes of at least 4 members (excludes halogenated alkanes) is 1. The largest absolute Gasteiger partial charge is 0.354 e. The number of anilines is 1. The highest BCUT2D eigenvalue weighted by Gasteiger charge is 2.08. The number of hydrogen-bond acceptors (Lipinski definition) is 4. The summed E-state index contributed by atoms with van der Waals surface area (Å²) in [6.45, 7) is 5.23. The highest BCUT2D eigenvalue weighted by Crippen LogP contribution is 2.14. The maximum Gasteiger partial charge on any atom is 0.228 e. The molecule has 0 amide bonds. The lowest BCUT2D eigenvalue weighted by Gasteiger charge is -2.15. The van der Waals surface area contributed by atoms with E-state index in [-0.39, 0.29) is 10.6 Å². The summed E-state index contributed by atoms with van der Waals surface area (Å²) >= 11 is 11.4. The standard InChI is InChI=1S/C11H18Cl2N4/c1-3-5-6-8(4-2)7-14-11-16-9(12)15-10(13)17-11/h8H,3-7H2,1-2H3,(H,14,15,16,17). The fourth-order valence-corrected chi connectivity index (χ4v) is 1.95. The highest BCUT2D eigenvalue weighted by molar-refractivity contribution is 6.31. The first kappa shape index (κ1) is 14.5. The van der Waals surface area contributed by atoms with Crippen LogP contribution in [0.3, 0.4) is 0 Å². The van der Waals surface area contributed by atoms with Crippen molar-refractivity contribution >= 4 is 29.2 Å². The fraction of sp³-hybridized carbons (Fsp3) is 0.727. The van der Waals surface area contributed by atoms with Gasteiger partial charge in [0.15, 0.2) is 0 Å². The van der Waals surface area contributed by atoms with E-state index in [0.717, 1.165) is 13.0 Å². The van der Waals surface area contributed by atoms with Crippen LogP contribution in [-0.2, 0) is 0 Å². The van der Waals surface area contributed by atoms with E-state index in [0.29, 0.717) is 11.9 Å². The first-order chi connectivity index (χ1) is 8.15. The molecule has 1 rings (SSSR count). The summed E-state index contributed by atoms with van der Waals surface area (Å²) in [4.78, 5) is 11.6. The Balaban J connectivity index is 2.47. The van der Waals surface area contributed by atoms with Gasteiger partial charge in [0.05, 0.1) is 0 Å². The Kier molecular flexibility index (Phi) is 6.52. The van der Waals surface area contributed by atoms with Gasteiger partial charge in [0.25, 0.3) is 0 Å². The lowest BCUT2D eigenvalue weighted by atomic mass is 9.99. The van der Waals surface area contributed by atoms with Gasteiger partial charge in [0.2, 0.25) is 16.5 Å². The molecule has 0 aliphatic carbocycles. The molecule has 1 aromatic heterocycles. The van der Waals surface area contributed by atoms with Crippen molar-refractivity contribution in [3.63, 3.8) is 0 Å². The third-order valence-corrected chi connectivity index (χ3v) is 3.01. The Morgan fingerprint density at radius 2 is 1.76 bits per heavy atom. The zero-order valence-electron chi connectivity index (χ0n) is 10.2. The van der Waals surface area contributed by atoms with Gasteiger partial charge in [-0.3, -0.25) is 0 Å². The zero-order valence-corrected chi connectivity index (χ0v) is 11.7. The van der Waals surface area contributed by atoms with Crippen LogP contribution in [0.4, 0.5) is 5.95 Å². The van der Waals surface area contributed by atoms with E-state index < -0.39 is 0 Å². The van der Waals surface area contributed by atoms with E-state index in [9.17, 15) is 0 Å². The molecule has 0 aliphatic rings. The Labute approximate surface area is 112 Å². The fourth-order valence-electron chi connectivity index (χ4n) is 1.58. The Bertz CT molecular complexity index is 326. The third-order valence-electron chi connectivity index (χ3n) is 2.67. The van der Waals surface area contributed by atoms with Gasteiger partial charge in [-0.05, 0) is 35.5 Å². The smallest absolute Gasteiger partial charge is 0.228 e. The normalized spacial score (nSPS) is 12.5. The van der Waals surface area contributed by atoms with Gasteiger partial charge in [0.1, 0.15) is 0 Å². The Morgan fingerprint density at radius 3 is 2.29 bits per heavy atom. The molecule has 0 spiro atoms. The first-order valence-electron chi connectivity index (χ1n) is 5.96. The van der Waals surface area contributed by atoms with Crippen LogP contribution in [0.25, 0.3) is 0 Å². The summed E-state index contributed by atoms with van der Waals surface area (Å²) < 4.78 is 0. The molecule has 0 saturated heterocycles. The third kappa shape index (κ3) is 5.50. The van der Waals surface area contributed by atoms with Gasteiger partial charge >= 0.3 is 0 Å².